The van der Waals surface area contributed by atoms with Gasteiger partial charge in [0, 0.05) is 50.0 Å². The second-order valence-corrected chi connectivity index (χ2v) is 7.52. The van der Waals surface area contributed by atoms with Gasteiger partial charge in [0.25, 0.3) is 11.6 Å². The number of thioether (sulfide) groups is 1. The molecular weight excluding hydrogens is 330 g/mol. The van der Waals surface area contributed by atoms with Crippen LogP contribution in [0.4, 0.5) is 5.69 Å². The molecule has 2 heterocycles. The lowest BCUT2D eigenvalue weighted by molar-refractivity contribution is -0.384. The van der Waals surface area contributed by atoms with Crippen molar-refractivity contribution < 1.29 is 14.5 Å². The molecule has 1 aromatic rings. The van der Waals surface area contributed by atoms with Gasteiger partial charge >= 0.3 is 0 Å². The monoisotopic (exact) mass is 349 g/mol. The lowest BCUT2D eigenvalue weighted by atomic mass is 10.0. The zero-order valence-electron chi connectivity index (χ0n) is 13.4. The molecule has 7 nitrogen and oxygen atoms in total. The van der Waals surface area contributed by atoms with Gasteiger partial charge in [0.2, 0.25) is 5.91 Å². The van der Waals surface area contributed by atoms with E-state index in [-0.39, 0.29) is 22.4 Å². The highest BCUT2D eigenvalue weighted by molar-refractivity contribution is 8.00. The summed E-state index contributed by atoms with van der Waals surface area (Å²) in [7, 11) is 0. The number of benzene rings is 1. The minimum atomic E-state index is -0.489. The fraction of sp³-hybridized carbons (Fsp3) is 0.500. The molecule has 2 saturated heterocycles. The second kappa shape index (κ2) is 6.43. The Morgan fingerprint density at radius 1 is 1.25 bits per heavy atom. The van der Waals surface area contributed by atoms with E-state index in [2.05, 4.69) is 0 Å². The Balaban J connectivity index is 1.81. The van der Waals surface area contributed by atoms with Gasteiger partial charge in [-0.05, 0) is 18.9 Å². The molecule has 2 aliphatic rings. The molecule has 0 radical (unpaired) electrons. The molecule has 0 aromatic heterocycles. The van der Waals surface area contributed by atoms with Crippen LogP contribution in [0.25, 0.3) is 0 Å². The van der Waals surface area contributed by atoms with E-state index < -0.39 is 4.92 Å². The Kier molecular flexibility index (Phi) is 4.49. The predicted molar refractivity (Wildman–Crippen MR) is 90.8 cm³/mol. The highest BCUT2D eigenvalue weighted by Crippen LogP contribution is 2.44. The number of nitrogens with zero attached hydrogens (tertiary/aromatic N) is 3. The van der Waals surface area contributed by atoms with E-state index in [4.69, 9.17) is 0 Å². The maximum atomic E-state index is 12.9. The first-order valence-corrected chi connectivity index (χ1v) is 8.87. The first-order valence-electron chi connectivity index (χ1n) is 7.89. The molecule has 24 heavy (non-hydrogen) atoms. The van der Waals surface area contributed by atoms with Crippen LogP contribution in [0.1, 0.15) is 30.1 Å². The molecule has 1 spiro atoms. The fourth-order valence-electron chi connectivity index (χ4n) is 3.39. The normalized spacial score (nSPS) is 19.5. The number of nitro groups is 1. The van der Waals surface area contributed by atoms with Crippen molar-refractivity contribution in [3.63, 3.8) is 0 Å². The maximum absolute atomic E-state index is 12.9. The van der Waals surface area contributed by atoms with Gasteiger partial charge in [-0.1, -0.05) is 6.07 Å². The predicted octanol–water partition coefficient (Wildman–Crippen LogP) is 2.12. The van der Waals surface area contributed by atoms with Crippen molar-refractivity contribution in [1.29, 1.82) is 0 Å². The van der Waals surface area contributed by atoms with Crippen LogP contribution < -0.4 is 0 Å². The van der Waals surface area contributed by atoms with Crippen molar-refractivity contribution in [3.8, 4) is 0 Å². The molecule has 0 saturated carbocycles. The largest absolute Gasteiger partial charge is 0.343 e. The fourth-order valence-corrected chi connectivity index (χ4v) is 4.84. The van der Waals surface area contributed by atoms with E-state index >= 15 is 0 Å². The first-order chi connectivity index (χ1) is 11.4. The summed E-state index contributed by atoms with van der Waals surface area (Å²) < 4.78 is 0. The Morgan fingerprint density at radius 2 is 1.96 bits per heavy atom. The highest BCUT2D eigenvalue weighted by atomic mass is 32.2. The summed E-state index contributed by atoms with van der Waals surface area (Å²) in [6.45, 7) is 3.47. The molecule has 2 amide bonds. The zero-order chi connectivity index (χ0) is 17.3. The molecule has 3 rings (SSSR count). The molecular formula is C16H19N3O4S. The topological polar surface area (TPSA) is 83.8 Å². The number of carbonyl (C=O) groups is 2. The zero-order valence-corrected chi connectivity index (χ0v) is 14.3. The molecule has 0 atom stereocenters. The summed E-state index contributed by atoms with van der Waals surface area (Å²) in [4.78, 5) is 38.2. The molecule has 1 aromatic carbocycles. The number of non-ortho nitro benzene ring substituents is 1. The van der Waals surface area contributed by atoms with Gasteiger partial charge in [-0.2, -0.15) is 0 Å². The van der Waals surface area contributed by atoms with Crippen LogP contribution in [-0.2, 0) is 4.79 Å². The van der Waals surface area contributed by atoms with Gasteiger partial charge in [-0.25, -0.2) is 0 Å². The molecule has 128 valence electrons. The van der Waals surface area contributed by atoms with Crippen molar-refractivity contribution in [1.82, 2.24) is 9.80 Å². The maximum Gasteiger partial charge on any atom is 0.270 e. The number of rotatable bonds is 2. The quantitative estimate of drug-likeness (QED) is 0.603. The molecule has 8 heteroatoms. The van der Waals surface area contributed by atoms with E-state index in [1.165, 1.54) is 12.1 Å². The third-order valence-corrected chi connectivity index (χ3v) is 6.27. The molecule has 2 fully saturated rings. The van der Waals surface area contributed by atoms with Crippen molar-refractivity contribution in [2.75, 3.05) is 25.4 Å². The van der Waals surface area contributed by atoms with Gasteiger partial charge < -0.3 is 9.80 Å². The van der Waals surface area contributed by atoms with Gasteiger partial charge in [-0.15, -0.1) is 11.8 Å². The van der Waals surface area contributed by atoms with Crippen molar-refractivity contribution in [3.05, 3.63) is 39.9 Å². The average Bonchev–Trinajstić information content (AvgIpc) is 2.97. The number of carbonyl (C=O) groups excluding carboxylic acids is 2. The lowest BCUT2D eigenvalue weighted by Crippen LogP contribution is -2.53. The summed E-state index contributed by atoms with van der Waals surface area (Å²) in [6, 6.07) is 5.89. The van der Waals surface area contributed by atoms with Gasteiger partial charge in [-0.3, -0.25) is 19.7 Å². The smallest absolute Gasteiger partial charge is 0.270 e. The summed E-state index contributed by atoms with van der Waals surface area (Å²) >= 11 is 1.75. The molecule has 0 unspecified atom stereocenters. The summed E-state index contributed by atoms with van der Waals surface area (Å²) in [5.41, 5.74) is 0.272. The summed E-state index contributed by atoms with van der Waals surface area (Å²) in [5, 5.41) is 10.9. The van der Waals surface area contributed by atoms with E-state index in [0.29, 0.717) is 25.2 Å². The van der Waals surface area contributed by atoms with Gasteiger partial charge in [0.15, 0.2) is 0 Å². The first kappa shape index (κ1) is 16.8. The van der Waals surface area contributed by atoms with Crippen molar-refractivity contribution in [2.24, 2.45) is 0 Å². The Labute approximate surface area is 144 Å². The third-order valence-electron chi connectivity index (χ3n) is 4.72. The van der Waals surface area contributed by atoms with Crippen LogP contribution in [0, 0.1) is 10.1 Å². The molecule has 0 N–H and O–H groups in total. The average molecular weight is 349 g/mol. The Bertz CT molecular complexity index is 686. The number of amides is 2. The molecule has 2 aliphatic heterocycles. The van der Waals surface area contributed by atoms with E-state index in [1.54, 1.807) is 35.7 Å². The van der Waals surface area contributed by atoms with Crippen LogP contribution in [0.2, 0.25) is 0 Å². The highest BCUT2D eigenvalue weighted by Gasteiger charge is 2.46. The minimum absolute atomic E-state index is 0.0596. The third kappa shape index (κ3) is 2.98. The Hall–Kier alpha value is -2.09. The van der Waals surface area contributed by atoms with Crippen molar-refractivity contribution >= 4 is 29.3 Å². The number of piperidine rings is 1. The minimum Gasteiger partial charge on any atom is -0.343 e. The molecule has 0 bridgehead atoms. The molecule has 0 aliphatic carbocycles. The van der Waals surface area contributed by atoms with E-state index in [0.717, 1.165) is 18.6 Å². The standard InChI is InChI=1S/C16H19N3O4S/c1-12(20)17-7-5-16(6-8-17)18(9-10-24-16)15(21)13-3-2-4-14(11-13)19(22)23/h2-4,11H,5-10H2,1H3. The van der Waals surface area contributed by atoms with Crippen LogP contribution in [0.5, 0.6) is 0 Å². The second-order valence-electron chi connectivity index (χ2n) is 6.06. The van der Waals surface area contributed by atoms with Gasteiger partial charge in [0.1, 0.15) is 0 Å². The SMILES string of the molecule is CC(=O)N1CCC2(CC1)SCCN2C(=O)c1cccc([N+](=O)[O-])c1. The van der Waals surface area contributed by atoms with Crippen LogP contribution in [0.15, 0.2) is 24.3 Å². The van der Waals surface area contributed by atoms with Crippen LogP contribution in [0.3, 0.4) is 0 Å². The van der Waals surface area contributed by atoms with E-state index in [1.807, 2.05) is 4.90 Å². The van der Waals surface area contributed by atoms with Crippen LogP contribution >= 0.6 is 11.8 Å². The number of nitro benzene ring substituents is 1. The summed E-state index contributed by atoms with van der Waals surface area (Å²) in [6.07, 6.45) is 1.47. The Morgan fingerprint density at radius 3 is 2.58 bits per heavy atom. The number of hydrogen-bond acceptors (Lipinski definition) is 5. The van der Waals surface area contributed by atoms with Gasteiger partial charge in [0.05, 0.1) is 9.79 Å². The van der Waals surface area contributed by atoms with Crippen molar-refractivity contribution in [2.45, 2.75) is 24.6 Å². The summed E-state index contributed by atoms with van der Waals surface area (Å²) in [5.74, 6) is 0.741. The van der Waals surface area contributed by atoms with Crippen LogP contribution in [-0.4, -0.2) is 56.8 Å². The van der Waals surface area contributed by atoms with E-state index in [9.17, 15) is 19.7 Å². The number of likely N-dealkylation sites (tertiary alicyclic amines) is 1. The number of hydrogen-bond donors (Lipinski definition) is 0. The lowest BCUT2D eigenvalue weighted by Gasteiger charge is -2.43.